The second-order valence-corrected chi connectivity index (χ2v) is 11.7. The van der Waals surface area contributed by atoms with Gasteiger partial charge in [0.15, 0.2) is 12.0 Å². The fraction of sp³-hybridized carbons (Fsp3) is 0.903. The first-order valence-electron chi connectivity index (χ1n) is 15.6. The molecule has 2 rings (SSSR count). The number of nitrogens with zero attached hydrogens (tertiary/aromatic N) is 1. The van der Waals surface area contributed by atoms with E-state index in [-0.39, 0.29) is 12.4 Å². The van der Waals surface area contributed by atoms with Crippen LogP contribution in [-0.4, -0.2) is 32.2 Å². The number of ether oxygens (including phenoxy) is 3. The van der Waals surface area contributed by atoms with Gasteiger partial charge in [0.25, 0.3) is 0 Å². The second-order valence-electron chi connectivity index (χ2n) is 10.9. The molecule has 1 aromatic heterocycles. The van der Waals surface area contributed by atoms with Gasteiger partial charge in [-0.05, 0) is 25.7 Å². The summed E-state index contributed by atoms with van der Waals surface area (Å²) in [5.74, 6) is 0. The monoisotopic (exact) mass is 524 g/mol. The number of aryl methyl sites for hydroxylation is 2. The average molecular weight is 525 g/mol. The lowest BCUT2D eigenvalue weighted by molar-refractivity contribution is -0.698. The molecule has 0 amide bonds. The van der Waals surface area contributed by atoms with E-state index in [0.29, 0.717) is 13.2 Å². The molecule has 2 heterocycles. The van der Waals surface area contributed by atoms with Gasteiger partial charge in [-0.1, -0.05) is 115 Å². The Bertz CT molecular complexity index is 608. The van der Waals surface area contributed by atoms with E-state index in [1.807, 2.05) is 0 Å². The Labute approximate surface area is 227 Å². The summed E-state index contributed by atoms with van der Waals surface area (Å²) in [6, 6.07) is 0. The van der Waals surface area contributed by atoms with E-state index in [0.717, 1.165) is 26.0 Å². The Kier molecular flexibility index (Phi) is 19.8. The van der Waals surface area contributed by atoms with Gasteiger partial charge in [-0.3, -0.25) is 0 Å². The molecule has 0 spiro atoms. The molecule has 4 nitrogen and oxygen atoms in total. The van der Waals surface area contributed by atoms with Gasteiger partial charge >= 0.3 is 0 Å². The molecule has 210 valence electrons. The van der Waals surface area contributed by atoms with Crippen molar-refractivity contribution in [2.45, 2.75) is 161 Å². The third-order valence-corrected chi connectivity index (χ3v) is 8.33. The first-order valence-corrected chi connectivity index (χ1v) is 16.5. The van der Waals surface area contributed by atoms with E-state index in [1.54, 1.807) is 11.3 Å². The van der Waals surface area contributed by atoms with Crippen LogP contribution in [0.5, 0.6) is 0 Å². The summed E-state index contributed by atoms with van der Waals surface area (Å²) in [7, 11) is 0. The first-order chi connectivity index (χ1) is 17.8. The van der Waals surface area contributed by atoms with Gasteiger partial charge in [0, 0.05) is 20.0 Å². The van der Waals surface area contributed by atoms with Crippen molar-refractivity contribution in [1.82, 2.24) is 0 Å². The maximum atomic E-state index is 6.03. The summed E-state index contributed by atoms with van der Waals surface area (Å²) in [4.78, 5) is 0. The molecule has 1 saturated heterocycles. The van der Waals surface area contributed by atoms with Gasteiger partial charge < -0.3 is 14.2 Å². The molecule has 0 bridgehead atoms. The van der Waals surface area contributed by atoms with Crippen LogP contribution in [0, 0.1) is 6.92 Å². The van der Waals surface area contributed by atoms with Gasteiger partial charge in [0.1, 0.15) is 12.6 Å². The first kappa shape index (κ1) is 31.7. The van der Waals surface area contributed by atoms with E-state index >= 15 is 0 Å². The van der Waals surface area contributed by atoms with Gasteiger partial charge in [0.2, 0.25) is 5.51 Å². The lowest BCUT2D eigenvalue weighted by Gasteiger charge is -2.12. The van der Waals surface area contributed by atoms with E-state index in [2.05, 4.69) is 29.3 Å². The molecular weight excluding hydrogens is 466 g/mol. The number of hydrogen-bond acceptors (Lipinski definition) is 4. The van der Waals surface area contributed by atoms with Gasteiger partial charge in [0.05, 0.1) is 18.6 Å². The molecule has 1 fully saturated rings. The smallest absolute Gasteiger partial charge is 0.224 e. The molecule has 36 heavy (non-hydrogen) atoms. The van der Waals surface area contributed by atoms with Crippen LogP contribution in [0.3, 0.4) is 0 Å². The molecule has 5 heteroatoms. The lowest BCUT2D eigenvalue weighted by atomic mass is 10.0. The van der Waals surface area contributed by atoms with E-state index in [9.17, 15) is 0 Å². The lowest BCUT2D eigenvalue weighted by Crippen LogP contribution is -2.33. The van der Waals surface area contributed by atoms with Crippen LogP contribution in [0.15, 0.2) is 10.9 Å². The summed E-state index contributed by atoms with van der Waals surface area (Å²) < 4.78 is 20.1. The number of aromatic nitrogens is 1. The van der Waals surface area contributed by atoms with Crippen LogP contribution in [0.2, 0.25) is 0 Å². The quantitative estimate of drug-likeness (QED) is 0.0945. The molecule has 0 saturated carbocycles. The zero-order valence-electron chi connectivity index (χ0n) is 23.9. The molecule has 0 aromatic carbocycles. The Balaban J connectivity index is 1.27. The zero-order chi connectivity index (χ0) is 25.5. The number of thiazole rings is 1. The van der Waals surface area contributed by atoms with Crippen LogP contribution in [-0.2, 0) is 20.8 Å². The van der Waals surface area contributed by atoms with Gasteiger partial charge in [-0.15, -0.1) is 0 Å². The molecule has 1 aromatic rings. The average Bonchev–Trinajstić information content (AvgIpc) is 3.51. The van der Waals surface area contributed by atoms with E-state index < -0.39 is 0 Å². The van der Waals surface area contributed by atoms with Crippen LogP contribution in [0.25, 0.3) is 0 Å². The Morgan fingerprint density at radius 3 is 2.00 bits per heavy atom. The molecule has 1 aliphatic rings. The Morgan fingerprint density at radius 1 is 0.806 bits per heavy atom. The van der Waals surface area contributed by atoms with Crippen molar-refractivity contribution >= 4 is 11.3 Å². The van der Waals surface area contributed by atoms with Gasteiger partial charge in [-0.2, -0.15) is 4.57 Å². The highest BCUT2D eigenvalue weighted by atomic mass is 32.1. The predicted octanol–water partition coefficient (Wildman–Crippen LogP) is 8.92. The van der Waals surface area contributed by atoms with Crippen molar-refractivity contribution in [2.24, 2.45) is 0 Å². The predicted molar refractivity (Wildman–Crippen MR) is 153 cm³/mol. The summed E-state index contributed by atoms with van der Waals surface area (Å²) >= 11 is 1.79. The molecule has 2 atom stereocenters. The molecular formula is C31H58NO3S+. The molecule has 1 aliphatic heterocycles. The van der Waals surface area contributed by atoms with Crippen LogP contribution >= 0.6 is 11.3 Å². The minimum atomic E-state index is -0.00126. The van der Waals surface area contributed by atoms with Crippen molar-refractivity contribution in [3.05, 3.63) is 16.6 Å². The maximum absolute atomic E-state index is 6.03. The second kappa shape index (κ2) is 22.5. The largest absolute Gasteiger partial charge is 0.379 e. The van der Waals surface area contributed by atoms with Crippen molar-refractivity contribution < 1.29 is 18.8 Å². The summed E-state index contributed by atoms with van der Waals surface area (Å²) in [5, 5.41) is 2.22. The highest BCUT2D eigenvalue weighted by Crippen LogP contribution is 2.19. The van der Waals surface area contributed by atoms with E-state index in [1.165, 1.54) is 121 Å². The minimum absolute atomic E-state index is 0.00126. The molecule has 0 radical (unpaired) electrons. The molecule has 0 unspecified atom stereocenters. The zero-order valence-corrected chi connectivity index (χ0v) is 24.7. The van der Waals surface area contributed by atoms with Crippen molar-refractivity contribution in [3.63, 3.8) is 0 Å². The number of rotatable bonds is 25. The summed E-state index contributed by atoms with van der Waals surface area (Å²) in [6.45, 7) is 7.84. The third-order valence-electron chi connectivity index (χ3n) is 7.48. The normalized spacial score (nSPS) is 17.8. The summed E-state index contributed by atoms with van der Waals surface area (Å²) in [5.41, 5.74) is 3.59. The fourth-order valence-electron chi connectivity index (χ4n) is 5.07. The van der Waals surface area contributed by atoms with Crippen LogP contribution in [0.4, 0.5) is 0 Å². The number of hydrogen-bond donors (Lipinski definition) is 0. The maximum Gasteiger partial charge on any atom is 0.224 e. The Morgan fingerprint density at radius 2 is 1.39 bits per heavy atom. The van der Waals surface area contributed by atoms with Crippen LogP contribution in [0.1, 0.15) is 141 Å². The summed E-state index contributed by atoms with van der Waals surface area (Å²) in [6.07, 6.45) is 27.2. The minimum Gasteiger partial charge on any atom is -0.379 e. The van der Waals surface area contributed by atoms with Crippen LogP contribution < -0.4 is 4.57 Å². The SMILES string of the molecule is CCCCCCCCCCCCCCCCC[C@@H]1OC[C@@H](COCCCCCC[n+]2cscc2C)O1. The van der Waals surface area contributed by atoms with Crippen molar-refractivity contribution in [1.29, 1.82) is 0 Å². The fourth-order valence-corrected chi connectivity index (χ4v) is 5.88. The molecule has 0 N–H and O–H groups in total. The third kappa shape index (κ3) is 16.4. The molecule has 0 aliphatic carbocycles. The standard InChI is InChI=1S/C31H58NO3S/c1-3-4-5-6-7-8-9-10-11-12-13-14-15-16-19-22-31-34-26-30(35-31)25-33-24-21-18-17-20-23-32-28-36-27-29(32)2/h27-28,30-31H,3-26H2,1-2H3/q+1/t30-,31-/m1/s1. The number of unbranched alkanes of at least 4 members (excludes halogenated alkanes) is 17. The van der Waals surface area contributed by atoms with Crippen molar-refractivity contribution in [3.8, 4) is 0 Å². The van der Waals surface area contributed by atoms with Gasteiger partial charge in [-0.25, -0.2) is 0 Å². The Hall–Kier alpha value is -0.490. The highest BCUT2D eigenvalue weighted by Gasteiger charge is 2.25. The highest BCUT2D eigenvalue weighted by molar-refractivity contribution is 7.07. The van der Waals surface area contributed by atoms with Crippen molar-refractivity contribution in [2.75, 3.05) is 19.8 Å². The van der Waals surface area contributed by atoms with E-state index in [4.69, 9.17) is 14.2 Å². The topological polar surface area (TPSA) is 31.6 Å².